The summed E-state index contributed by atoms with van der Waals surface area (Å²) in [5, 5.41) is 0. The van der Waals surface area contributed by atoms with Gasteiger partial charge in [0, 0.05) is 4.47 Å². The Morgan fingerprint density at radius 3 is 1.95 bits per heavy atom. The summed E-state index contributed by atoms with van der Waals surface area (Å²) >= 11 is 3.53. The number of rotatable bonds is 4. The van der Waals surface area contributed by atoms with E-state index in [4.69, 9.17) is 24.5 Å². The number of methoxy groups -OCH3 is 2. The Labute approximate surface area is 140 Å². The second-order valence-electron chi connectivity index (χ2n) is 6.38. The average molecular weight is 372 g/mol. The lowest BCUT2D eigenvalue weighted by atomic mass is 9.75. The van der Waals surface area contributed by atoms with Crippen molar-refractivity contribution >= 4 is 23.0 Å². The molecule has 1 heterocycles. The minimum Gasteiger partial charge on any atom is -0.493 e. The molecule has 1 saturated heterocycles. The Kier molecular flexibility index (Phi) is 4.83. The minimum absolute atomic E-state index is 0.418. The van der Waals surface area contributed by atoms with E-state index in [1.807, 2.05) is 39.8 Å². The molecule has 7 heteroatoms. The number of benzene rings is 1. The van der Waals surface area contributed by atoms with Crippen molar-refractivity contribution in [2.75, 3.05) is 14.2 Å². The maximum absolute atomic E-state index is 6.38. The van der Waals surface area contributed by atoms with Crippen LogP contribution >= 0.6 is 15.9 Å². The standard InChI is InChI=1S/C15H23BBrNO4/c1-14(2)15(3,4)22-16(21-14)13(18)9-7-11(19-5)12(20-6)8-10(9)17/h7-8,13H,18H2,1-6H3/t13-/m1/s1. The Hall–Kier alpha value is -0.755. The second kappa shape index (κ2) is 6.04. The number of ether oxygens (including phenoxy) is 2. The molecule has 0 amide bonds. The Bertz CT molecular complexity index is 549. The van der Waals surface area contributed by atoms with Crippen LogP contribution in [0.1, 0.15) is 39.2 Å². The predicted molar refractivity (Wildman–Crippen MR) is 90.3 cm³/mol. The van der Waals surface area contributed by atoms with E-state index >= 15 is 0 Å². The molecular weight excluding hydrogens is 349 g/mol. The first-order valence-electron chi connectivity index (χ1n) is 7.15. The van der Waals surface area contributed by atoms with Crippen LogP contribution in [0.15, 0.2) is 16.6 Å². The highest BCUT2D eigenvalue weighted by Crippen LogP contribution is 2.42. The molecule has 1 aliphatic rings. The second-order valence-corrected chi connectivity index (χ2v) is 7.23. The lowest BCUT2D eigenvalue weighted by Gasteiger charge is -2.32. The highest BCUT2D eigenvalue weighted by atomic mass is 79.9. The van der Waals surface area contributed by atoms with Crippen LogP contribution in [0.25, 0.3) is 0 Å². The fourth-order valence-corrected chi connectivity index (χ4v) is 2.89. The first kappa shape index (κ1) is 17.6. The van der Waals surface area contributed by atoms with Crippen molar-refractivity contribution in [3.05, 3.63) is 22.2 Å². The van der Waals surface area contributed by atoms with Gasteiger partial charge in [-0.3, -0.25) is 0 Å². The Morgan fingerprint density at radius 1 is 1.05 bits per heavy atom. The minimum atomic E-state index is -0.528. The van der Waals surface area contributed by atoms with Crippen LogP contribution in [0.2, 0.25) is 0 Å². The predicted octanol–water partition coefficient (Wildman–Crippen LogP) is 3.10. The summed E-state index contributed by atoms with van der Waals surface area (Å²) in [4.78, 5) is 0. The fraction of sp³-hybridized carbons (Fsp3) is 0.600. The van der Waals surface area contributed by atoms with Crippen LogP contribution in [0.4, 0.5) is 0 Å². The van der Waals surface area contributed by atoms with E-state index in [0.717, 1.165) is 10.0 Å². The van der Waals surface area contributed by atoms with Gasteiger partial charge >= 0.3 is 7.12 Å². The van der Waals surface area contributed by atoms with Gasteiger partial charge < -0.3 is 24.5 Å². The SMILES string of the molecule is COc1cc(Br)c([C@@H](N)B2OC(C)(C)C(C)(C)O2)cc1OC. The molecule has 0 spiro atoms. The van der Waals surface area contributed by atoms with Crippen LogP contribution < -0.4 is 15.2 Å². The third kappa shape index (κ3) is 3.00. The zero-order valence-corrected chi connectivity index (χ0v) is 15.5. The molecule has 1 aromatic carbocycles. The summed E-state index contributed by atoms with van der Waals surface area (Å²) in [6.07, 6.45) is 0. The van der Waals surface area contributed by atoms with E-state index in [-0.39, 0.29) is 0 Å². The molecule has 0 unspecified atom stereocenters. The fourth-order valence-electron chi connectivity index (χ4n) is 2.31. The lowest BCUT2D eigenvalue weighted by molar-refractivity contribution is 0.00578. The van der Waals surface area contributed by atoms with Crippen molar-refractivity contribution < 1.29 is 18.8 Å². The third-order valence-corrected chi connectivity index (χ3v) is 5.11. The van der Waals surface area contributed by atoms with E-state index in [1.165, 1.54) is 0 Å². The van der Waals surface area contributed by atoms with E-state index in [0.29, 0.717) is 11.5 Å². The van der Waals surface area contributed by atoms with Gasteiger partial charge in [-0.25, -0.2) is 0 Å². The van der Waals surface area contributed by atoms with Gasteiger partial charge in [0.1, 0.15) is 0 Å². The Balaban J connectivity index is 2.33. The molecule has 0 bridgehead atoms. The molecule has 22 heavy (non-hydrogen) atoms. The van der Waals surface area contributed by atoms with E-state index in [1.54, 1.807) is 14.2 Å². The van der Waals surface area contributed by atoms with Gasteiger partial charge in [-0.05, 0) is 45.4 Å². The summed E-state index contributed by atoms with van der Waals surface area (Å²) in [6.45, 7) is 8.01. The van der Waals surface area contributed by atoms with Crippen molar-refractivity contribution in [3.8, 4) is 11.5 Å². The molecule has 1 fully saturated rings. The summed E-state index contributed by atoms with van der Waals surface area (Å²) in [5.41, 5.74) is 6.39. The quantitative estimate of drug-likeness (QED) is 0.824. The first-order chi connectivity index (χ1) is 10.1. The summed E-state index contributed by atoms with van der Waals surface area (Å²) in [7, 11) is 2.66. The van der Waals surface area contributed by atoms with Gasteiger partial charge in [0.25, 0.3) is 0 Å². The molecular formula is C15H23BBrNO4. The molecule has 5 nitrogen and oxygen atoms in total. The molecule has 122 valence electrons. The van der Waals surface area contributed by atoms with Crippen molar-refractivity contribution in [2.45, 2.75) is 44.8 Å². The zero-order valence-electron chi connectivity index (χ0n) is 13.9. The zero-order chi connectivity index (χ0) is 16.7. The molecule has 1 aromatic rings. The smallest absolute Gasteiger partial charge is 0.480 e. The first-order valence-corrected chi connectivity index (χ1v) is 7.95. The maximum atomic E-state index is 6.38. The van der Waals surface area contributed by atoms with Crippen LogP contribution in [0, 0.1) is 0 Å². The highest BCUT2D eigenvalue weighted by Gasteiger charge is 2.53. The molecule has 1 aliphatic heterocycles. The van der Waals surface area contributed by atoms with Crippen LogP contribution in [0.5, 0.6) is 11.5 Å². The normalized spacial score (nSPS) is 20.8. The largest absolute Gasteiger partial charge is 0.493 e. The van der Waals surface area contributed by atoms with Crippen LogP contribution in [0.3, 0.4) is 0 Å². The molecule has 0 aliphatic carbocycles. The number of nitrogens with two attached hydrogens (primary N) is 1. The maximum Gasteiger partial charge on any atom is 0.480 e. The van der Waals surface area contributed by atoms with Crippen molar-refractivity contribution in [3.63, 3.8) is 0 Å². The lowest BCUT2D eigenvalue weighted by Crippen LogP contribution is -2.41. The third-order valence-electron chi connectivity index (χ3n) is 4.43. The van der Waals surface area contributed by atoms with Gasteiger partial charge in [0.15, 0.2) is 11.5 Å². The van der Waals surface area contributed by atoms with E-state index in [9.17, 15) is 0 Å². The molecule has 1 atom stereocenters. The highest BCUT2D eigenvalue weighted by molar-refractivity contribution is 9.10. The summed E-state index contributed by atoms with van der Waals surface area (Å²) in [5.74, 6) is 0.808. The van der Waals surface area contributed by atoms with Crippen molar-refractivity contribution in [2.24, 2.45) is 5.73 Å². The van der Waals surface area contributed by atoms with Crippen LogP contribution in [-0.4, -0.2) is 32.5 Å². The average Bonchev–Trinajstić information content (AvgIpc) is 2.66. The molecule has 2 N–H and O–H groups in total. The van der Waals surface area contributed by atoms with Gasteiger partial charge in [-0.2, -0.15) is 0 Å². The molecule has 0 radical (unpaired) electrons. The molecule has 0 aromatic heterocycles. The van der Waals surface area contributed by atoms with Crippen LogP contribution in [-0.2, 0) is 9.31 Å². The van der Waals surface area contributed by atoms with Gasteiger partial charge in [-0.1, -0.05) is 15.9 Å². The van der Waals surface area contributed by atoms with Gasteiger partial charge in [0.2, 0.25) is 0 Å². The van der Waals surface area contributed by atoms with Crippen molar-refractivity contribution in [1.82, 2.24) is 0 Å². The monoisotopic (exact) mass is 371 g/mol. The topological polar surface area (TPSA) is 62.9 Å². The molecule has 0 saturated carbocycles. The van der Waals surface area contributed by atoms with Gasteiger partial charge in [0.05, 0.1) is 31.4 Å². The van der Waals surface area contributed by atoms with Gasteiger partial charge in [-0.15, -0.1) is 0 Å². The van der Waals surface area contributed by atoms with E-state index in [2.05, 4.69) is 15.9 Å². The number of hydrogen-bond acceptors (Lipinski definition) is 5. The summed E-state index contributed by atoms with van der Waals surface area (Å²) < 4.78 is 23.5. The number of hydrogen-bond donors (Lipinski definition) is 1. The molecule has 2 rings (SSSR count). The van der Waals surface area contributed by atoms with Crippen molar-refractivity contribution in [1.29, 1.82) is 0 Å². The Morgan fingerprint density at radius 2 is 1.50 bits per heavy atom. The number of halogens is 1. The summed E-state index contributed by atoms with van der Waals surface area (Å²) in [6, 6.07) is 3.68. The van der Waals surface area contributed by atoms with E-state index < -0.39 is 24.3 Å².